The monoisotopic (exact) mass is 345 g/mol. The third-order valence-corrected chi connectivity index (χ3v) is 5.43. The van der Waals surface area contributed by atoms with Crippen molar-refractivity contribution in [1.29, 1.82) is 0 Å². The number of thiazole rings is 2. The van der Waals surface area contributed by atoms with Crippen LogP contribution in [0.5, 0.6) is 5.75 Å². The van der Waals surface area contributed by atoms with Gasteiger partial charge in [-0.3, -0.25) is 0 Å². The second-order valence-electron chi connectivity index (χ2n) is 5.01. The Morgan fingerprint density at radius 1 is 1.04 bits per heavy atom. The van der Waals surface area contributed by atoms with E-state index in [1.807, 2.05) is 25.1 Å². The highest BCUT2D eigenvalue weighted by Crippen LogP contribution is 2.36. The van der Waals surface area contributed by atoms with E-state index in [2.05, 4.69) is 15.3 Å². The van der Waals surface area contributed by atoms with Crippen molar-refractivity contribution in [3.8, 4) is 5.75 Å². The van der Waals surface area contributed by atoms with E-state index >= 15 is 0 Å². The van der Waals surface area contributed by atoms with Crippen LogP contribution in [-0.4, -0.2) is 17.1 Å². The standard InChI is InChI=1S/C16H12FN3OS2/c1-8-6-7-9(17)14-12(8)18-16(23-14)20-15-19-13-10(21-2)4-3-5-11(13)22-15/h3-7H,1-2H3,(H,18,19,20). The molecule has 4 rings (SSSR count). The Bertz CT molecular complexity index is 986. The summed E-state index contributed by atoms with van der Waals surface area (Å²) in [5, 5.41) is 4.52. The molecule has 0 radical (unpaired) electrons. The average Bonchev–Trinajstić information content (AvgIpc) is 3.15. The summed E-state index contributed by atoms with van der Waals surface area (Å²) in [6.07, 6.45) is 0. The molecule has 0 aliphatic heterocycles. The zero-order valence-corrected chi connectivity index (χ0v) is 14.0. The summed E-state index contributed by atoms with van der Waals surface area (Å²) in [7, 11) is 1.63. The molecule has 0 saturated heterocycles. The fraction of sp³-hybridized carbons (Fsp3) is 0.125. The van der Waals surface area contributed by atoms with Crippen LogP contribution in [0.1, 0.15) is 5.56 Å². The number of fused-ring (bicyclic) bond motifs is 2. The van der Waals surface area contributed by atoms with Crippen molar-refractivity contribution in [1.82, 2.24) is 9.97 Å². The van der Waals surface area contributed by atoms with Gasteiger partial charge in [0.15, 0.2) is 10.3 Å². The molecule has 7 heteroatoms. The van der Waals surface area contributed by atoms with Crippen LogP contribution in [0.15, 0.2) is 30.3 Å². The van der Waals surface area contributed by atoms with Gasteiger partial charge in [-0.15, -0.1) is 0 Å². The molecule has 0 aliphatic carbocycles. The maximum Gasteiger partial charge on any atom is 0.190 e. The third-order valence-electron chi connectivity index (χ3n) is 3.51. The molecule has 4 nitrogen and oxygen atoms in total. The number of hydrogen-bond donors (Lipinski definition) is 1. The minimum atomic E-state index is -0.248. The predicted molar refractivity (Wildman–Crippen MR) is 93.8 cm³/mol. The van der Waals surface area contributed by atoms with Gasteiger partial charge >= 0.3 is 0 Å². The molecule has 0 spiro atoms. The minimum Gasteiger partial charge on any atom is -0.494 e. The van der Waals surface area contributed by atoms with Crippen LogP contribution in [-0.2, 0) is 0 Å². The second kappa shape index (κ2) is 5.43. The number of para-hydroxylation sites is 1. The summed E-state index contributed by atoms with van der Waals surface area (Å²) in [6, 6.07) is 9.01. The van der Waals surface area contributed by atoms with Crippen molar-refractivity contribution in [2.75, 3.05) is 12.4 Å². The maximum absolute atomic E-state index is 13.9. The second-order valence-corrected chi connectivity index (χ2v) is 7.04. The largest absolute Gasteiger partial charge is 0.494 e. The van der Waals surface area contributed by atoms with E-state index in [-0.39, 0.29) is 5.82 Å². The van der Waals surface area contributed by atoms with E-state index in [1.54, 1.807) is 13.2 Å². The number of hydrogen-bond acceptors (Lipinski definition) is 6. The quantitative estimate of drug-likeness (QED) is 0.561. The van der Waals surface area contributed by atoms with Crippen molar-refractivity contribution < 1.29 is 9.13 Å². The van der Waals surface area contributed by atoms with Gasteiger partial charge in [0.05, 0.1) is 22.0 Å². The van der Waals surface area contributed by atoms with Gasteiger partial charge in [-0.1, -0.05) is 34.8 Å². The van der Waals surface area contributed by atoms with Crippen molar-refractivity contribution in [3.63, 3.8) is 0 Å². The van der Waals surface area contributed by atoms with Crippen LogP contribution in [0.4, 0.5) is 14.7 Å². The first-order valence-electron chi connectivity index (χ1n) is 6.92. The molecular formula is C16H12FN3OS2. The summed E-state index contributed by atoms with van der Waals surface area (Å²) in [5.41, 5.74) is 2.46. The fourth-order valence-electron chi connectivity index (χ4n) is 2.39. The van der Waals surface area contributed by atoms with E-state index < -0.39 is 0 Å². The number of rotatable bonds is 3. The number of methoxy groups -OCH3 is 1. The zero-order chi connectivity index (χ0) is 16.0. The van der Waals surface area contributed by atoms with E-state index in [9.17, 15) is 4.39 Å². The molecule has 0 amide bonds. The topological polar surface area (TPSA) is 47.0 Å². The molecule has 1 N–H and O–H groups in total. The molecule has 116 valence electrons. The molecule has 2 aromatic carbocycles. The van der Waals surface area contributed by atoms with Crippen LogP contribution >= 0.6 is 22.7 Å². The predicted octanol–water partition coefficient (Wildman–Crippen LogP) is 5.11. The number of benzene rings is 2. The van der Waals surface area contributed by atoms with E-state index in [1.165, 1.54) is 28.7 Å². The Morgan fingerprint density at radius 2 is 1.83 bits per heavy atom. The van der Waals surface area contributed by atoms with Crippen LogP contribution in [0.3, 0.4) is 0 Å². The van der Waals surface area contributed by atoms with Crippen molar-refractivity contribution >= 4 is 53.4 Å². The first-order chi connectivity index (χ1) is 11.2. The molecular weight excluding hydrogens is 333 g/mol. The van der Waals surface area contributed by atoms with Gasteiger partial charge in [-0.25, -0.2) is 14.4 Å². The smallest absolute Gasteiger partial charge is 0.190 e. The maximum atomic E-state index is 13.9. The van der Waals surface area contributed by atoms with Crippen LogP contribution in [0.2, 0.25) is 0 Å². The molecule has 0 aliphatic rings. The number of anilines is 2. The highest BCUT2D eigenvalue weighted by Gasteiger charge is 2.13. The van der Waals surface area contributed by atoms with Gasteiger partial charge in [0, 0.05) is 0 Å². The minimum absolute atomic E-state index is 0.248. The van der Waals surface area contributed by atoms with Gasteiger partial charge in [-0.05, 0) is 30.7 Å². The van der Waals surface area contributed by atoms with Crippen molar-refractivity contribution in [2.45, 2.75) is 6.92 Å². The summed E-state index contributed by atoms with van der Waals surface area (Å²) in [6.45, 7) is 1.92. The van der Waals surface area contributed by atoms with Crippen LogP contribution < -0.4 is 10.1 Å². The fourth-order valence-corrected chi connectivity index (χ4v) is 4.28. The highest BCUT2D eigenvalue weighted by atomic mass is 32.1. The lowest BCUT2D eigenvalue weighted by molar-refractivity contribution is 0.419. The average molecular weight is 345 g/mol. The molecule has 0 saturated carbocycles. The molecule has 0 atom stereocenters. The number of nitrogens with one attached hydrogen (secondary N) is 1. The van der Waals surface area contributed by atoms with E-state index in [0.29, 0.717) is 20.5 Å². The number of aryl methyl sites for hydroxylation is 1. The number of nitrogens with zero attached hydrogens (tertiary/aromatic N) is 2. The number of aromatic nitrogens is 2. The van der Waals surface area contributed by atoms with Gasteiger partial charge in [0.1, 0.15) is 17.1 Å². The molecule has 2 aromatic heterocycles. The van der Waals surface area contributed by atoms with Gasteiger partial charge in [-0.2, -0.15) is 0 Å². The normalized spacial score (nSPS) is 11.3. The molecule has 0 fully saturated rings. The summed E-state index contributed by atoms with van der Waals surface area (Å²) in [4.78, 5) is 9.03. The summed E-state index contributed by atoms with van der Waals surface area (Å²) < 4.78 is 20.8. The van der Waals surface area contributed by atoms with Gasteiger partial charge in [0.25, 0.3) is 0 Å². The van der Waals surface area contributed by atoms with Crippen LogP contribution in [0, 0.1) is 12.7 Å². The van der Waals surface area contributed by atoms with E-state index in [4.69, 9.17) is 4.74 Å². The van der Waals surface area contributed by atoms with Gasteiger partial charge < -0.3 is 10.1 Å². The van der Waals surface area contributed by atoms with E-state index in [0.717, 1.165) is 21.5 Å². The highest BCUT2D eigenvalue weighted by molar-refractivity contribution is 7.24. The Balaban J connectivity index is 1.76. The van der Waals surface area contributed by atoms with Crippen molar-refractivity contribution in [2.24, 2.45) is 0 Å². The Hall–Kier alpha value is -2.25. The number of halogens is 1. The number of ether oxygens (including phenoxy) is 1. The lowest BCUT2D eigenvalue weighted by atomic mass is 10.2. The van der Waals surface area contributed by atoms with Crippen LogP contribution in [0.25, 0.3) is 20.4 Å². The lowest BCUT2D eigenvalue weighted by Crippen LogP contribution is -1.88. The summed E-state index contributed by atoms with van der Waals surface area (Å²) >= 11 is 2.80. The first kappa shape index (κ1) is 14.3. The zero-order valence-electron chi connectivity index (χ0n) is 12.4. The Morgan fingerprint density at radius 3 is 2.61 bits per heavy atom. The summed E-state index contributed by atoms with van der Waals surface area (Å²) in [5.74, 6) is 0.486. The molecule has 23 heavy (non-hydrogen) atoms. The molecule has 4 aromatic rings. The Labute approximate surface area is 139 Å². The molecule has 2 heterocycles. The lowest BCUT2D eigenvalue weighted by Gasteiger charge is -1.98. The SMILES string of the molecule is COc1cccc2sc(Nc3nc4c(C)ccc(F)c4s3)nc12. The third kappa shape index (κ3) is 2.42. The first-order valence-corrected chi connectivity index (χ1v) is 8.55. The molecule has 0 bridgehead atoms. The molecule has 0 unspecified atom stereocenters. The van der Waals surface area contributed by atoms with Crippen molar-refractivity contribution in [3.05, 3.63) is 41.7 Å². The Kier molecular flexibility index (Phi) is 3.39. The van der Waals surface area contributed by atoms with Gasteiger partial charge in [0.2, 0.25) is 0 Å².